The summed E-state index contributed by atoms with van der Waals surface area (Å²) in [5.41, 5.74) is 0. The first kappa shape index (κ1) is 8.48. The number of ether oxygens (including phenoxy) is 2. The van der Waals surface area contributed by atoms with Crippen LogP contribution in [0.4, 0.5) is 0 Å². The second-order valence-electron chi connectivity index (χ2n) is 1.64. The van der Waals surface area contributed by atoms with Crippen LogP contribution in [0, 0.1) is 12.3 Å². The molecule has 52 valence electrons. The molecule has 0 saturated carbocycles. The van der Waals surface area contributed by atoms with Gasteiger partial charge in [-0.1, -0.05) is 0 Å². The summed E-state index contributed by atoms with van der Waals surface area (Å²) in [5, 5.41) is 0. The maximum Gasteiger partial charge on any atom is 0.157 e. The van der Waals surface area contributed by atoms with E-state index in [0.717, 1.165) is 6.42 Å². The molecule has 0 aromatic heterocycles. The van der Waals surface area contributed by atoms with Crippen molar-refractivity contribution in [2.75, 3.05) is 14.2 Å². The minimum atomic E-state index is -0.138. The van der Waals surface area contributed by atoms with Crippen molar-refractivity contribution in [2.45, 2.75) is 19.1 Å². The van der Waals surface area contributed by atoms with Crippen LogP contribution in [0.25, 0.3) is 0 Å². The molecule has 0 radical (unpaired) electrons. The highest BCUT2D eigenvalue weighted by molar-refractivity contribution is 4.83. The van der Waals surface area contributed by atoms with Gasteiger partial charge in [0.25, 0.3) is 0 Å². The van der Waals surface area contributed by atoms with Crippen LogP contribution >= 0.6 is 0 Å². The molecule has 0 aromatic carbocycles. The number of rotatable bonds is 4. The lowest BCUT2D eigenvalue weighted by Gasteiger charge is -2.10. The third kappa shape index (κ3) is 4.01. The second-order valence-corrected chi connectivity index (χ2v) is 1.64. The van der Waals surface area contributed by atoms with Gasteiger partial charge >= 0.3 is 0 Å². The Morgan fingerprint density at radius 1 is 1.44 bits per heavy atom. The highest BCUT2D eigenvalue weighted by atomic mass is 16.7. The smallest absolute Gasteiger partial charge is 0.157 e. The Morgan fingerprint density at radius 3 is 2.33 bits per heavy atom. The molecule has 2 heteroatoms. The molecule has 2 nitrogen and oxygen atoms in total. The molecule has 0 amide bonds. The number of hydrogen-bond donors (Lipinski definition) is 0. The second kappa shape index (κ2) is 5.61. The summed E-state index contributed by atoms with van der Waals surface area (Å²) in [4.78, 5) is 0. The molecule has 0 aromatic rings. The van der Waals surface area contributed by atoms with Gasteiger partial charge in [0.1, 0.15) is 0 Å². The summed E-state index contributed by atoms with van der Waals surface area (Å²) in [6, 6.07) is 0. The largest absolute Gasteiger partial charge is 0.356 e. The van der Waals surface area contributed by atoms with Crippen LogP contribution in [-0.4, -0.2) is 20.5 Å². The van der Waals surface area contributed by atoms with E-state index in [-0.39, 0.29) is 6.29 Å². The molecule has 0 aliphatic carbocycles. The van der Waals surface area contributed by atoms with Crippen molar-refractivity contribution in [3.05, 3.63) is 0 Å². The molecule has 0 aliphatic heterocycles. The van der Waals surface area contributed by atoms with Crippen LogP contribution < -0.4 is 0 Å². The first-order valence-corrected chi connectivity index (χ1v) is 2.84. The maximum absolute atomic E-state index is 5.03. The van der Waals surface area contributed by atoms with Crippen LogP contribution in [0.15, 0.2) is 0 Å². The average Bonchev–Trinajstić information content (AvgIpc) is 1.91. The van der Waals surface area contributed by atoms with Crippen molar-refractivity contribution in [1.29, 1.82) is 0 Å². The van der Waals surface area contributed by atoms with Crippen molar-refractivity contribution in [3.63, 3.8) is 0 Å². The van der Waals surface area contributed by atoms with Crippen LogP contribution in [0.5, 0.6) is 0 Å². The fourth-order valence-electron chi connectivity index (χ4n) is 0.533. The highest BCUT2D eigenvalue weighted by Crippen LogP contribution is 1.99. The normalized spacial score (nSPS) is 9.56. The minimum absolute atomic E-state index is 0.138. The SMILES string of the molecule is C#CCCC(OC)OC. The summed E-state index contributed by atoms with van der Waals surface area (Å²) < 4.78 is 9.77. The van der Waals surface area contributed by atoms with Gasteiger partial charge in [0, 0.05) is 27.1 Å². The maximum atomic E-state index is 5.03. The van der Waals surface area contributed by atoms with Crippen molar-refractivity contribution in [3.8, 4) is 12.3 Å². The fraction of sp³-hybridized carbons (Fsp3) is 0.714. The molecule has 0 atom stereocenters. The van der Waals surface area contributed by atoms with Gasteiger partial charge in [-0.05, 0) is 0 Å². The average molecular weight is 128 g/mol. The van der Waals surface area contributed by atoms with Gasteiger partial charge in [-0.25, -0.2) is 0 Å². The zero-order valence-corrected chi connectivity index (χ0v) is 5.89. The Labute approximate surface area is 56.2 Å². The monoisotopic (exact) mass is 128 g/mol. The standard InChI is InChI=1S/C7H12O2/c1-4-5-6-7(8-2)9-3/h1,7H,5-6H2,2-3H3. The van der Waals surface area contributed by atoms with E-state index in [0.29, 0.717) is 6.42 Å². The molecule has 0 rings (SSSR count). The number of methoxy groups -OCH3 is 2. The summed E-state index contributed by atoms with van der Waals surface area (Å²) in [5.74, 6) is 2.51. The lowest BCUT2D eigenvalue weighted by atomic mass is 10.3. The molecular weight excluding hydrogens is 116 g/mol. The zero-order chi connectivity index (χ0) is 7.11. The van der Waals surface area contributed by atoms with E-state index in [9.17, 15) is 0 Å². The van der Waals surface area contributed by atoms with E-state index in [4.69, 9.17) is 15.9 Å². The Kier molecular flexibility index (Phi) is 5.29. The predicted octanol–water partition coefficient (Wildman–Crippen LogP) is 1.02. The molecule has 0 fully saturated rings. The lowest BCUT2D eigenvalue weighted by molar-refractivity contribution is -0.105. The molecule has 9 heavy (non-hydrogen) atoms. The number of terminal acetylenes is 1. The van der Waals surface area contributed by atoms with Crippen molar-refractivity contribution in [1.82, 2.24) is 0 Å². The van der Waals surface area contributed by atoms with Gasteiger partial charge < -0.3 is 9.47 Å². The molecular formula is C7H12O2. The van der Waals surface area contributed by atoms with Crippen molar-refractivity contribution in [2.24, 2.45) is 0 Å². The molecule has 0 unspecified atom stereocenters. The van der Waals surface area contributed by atoms with E-state index < -0.39 is 0 Å². The summed E-state index contributed by atoms with van der Waals surface area (Å²) in [6.07, 6.45) is 6.36. The van der Waals surface area contributed by atoms with Crippen LogP contribution in [0.2, 0.25) is 0 Å². The molecule has 0 aliphatic rings. The van der Waals surface area contributed by atoms with E-state index >= 15 is 0 Å². The van der Waals surface area contributed by atoms with Gasteiger partial charge in [0.2, 0.25) is 0 Å². The first-order chi connectivity index (χ1) is 4.35. The van der Waals surface area contributed by atoms with E-state index in [1.165, 1.54) is 0 Å². The van der Waals surface area contributed by atoms with E-state index in [2.05, 4.69) is 5.92 Å². The first-order valence-electron chi connectivity index (χ1n) is 2.84. The van der Waals surface area contributed by atoms with Gasteiger partial charge in [-0.3, -0.25) is 0 Å². The molecule has 0 saturated heterocycles. The molecule has 0 heterocycles. The predicted molar refractivity (Wildman–Crippen MR) is 35.9 cm³/mol. The van der Waals surface area contributed by atoms with Crippen LogP contribution in [0.3, 0.4) is 0 Å². The van der Waals surface area contributed by atoms with E-state index in [1.54, 1.807) is 14.2 Å². The Balaban J connectivity index is 3.22. The summed E-state index contributed by atoms with van der Waals surface area (Å²) >= 11 is 0. The Morgan fingerprint density at radius 2 is 2.00 bits per heavy atom. The van der Waals surface area contributed by atoms with Gasteiger partial charge in [-0.2, -0.15) is 0 Å². The van der Waals surface area contributed by atoms with Gasteiger partial charge in [0.05, 0.1) is 0 Å². The summed E-state index contributed by atoms with van der Waals surface area (Å²) in [6.45, 7) is 0. The Hall–Kier alpha value is -0.520. The minimum Gasteiger partial charge on any atom is -0.356 e. The zero-order valence-electron chi connectivity index (χ0n) is 5.89. The lowest BCUT2D eigenvalue weighted by Crippen LogP contribution is -2.11. The topological polar surface area (TPSA) is 18.5 Å². The third-order valence-corrected chi connectivity index (χ3v) is 1.05. The summed E-state index contributed by atoms with van der Waals surface area (Å²) in [7, 11) is 3.20. The quantitative estimate of drug-likeness (QED) is 0.415. The number of hydrogen-bond acceptors (Lipinski definition) is 2. The van der Waals surface area contributed by atoms with Crippen molar-refractivity contribution >= 4 is 0 Å². The van der Waals surface area contributed by atoms with Gasteiger partial charge in [0.15, 0.2) is 6.29 Å². The molecule has 0 spiro atoms. The molecule has 0 N–H and O–H groups in total. The highest BCUT2D eigenvalue weighted by Gasteiger charge is 2.00. The molecule has 0 bridgehead atoms. The Bertz CT molecular complexity index is 89.6. The third-order valence-electron chi connectivity index (χ3n) is 1.05. The fourth-order valence-corrected chi connectivity index (χ4v) is 0.533. The van der Waals surface area contributed by atoms with Crippen LogP contribution in [-0.2, 0) is 9.47 Å². The van der Waals surface area contributed by atoms with E-state index in [1.807, 2.05) is 0 Å². The van der Waals surface area contributed by atoms with Gasteiger partial charge in [-0.15, -0.1) is 12.3 Å². The van der Waals surface area contributed by atoms with Crippen LogP contribution in [0.1, 0.15) is 12.8 Å². The van der Waals surface area contributed by atoms with Crippen molar-refractivity contribution < 1.29 is 9.47 Å².